The predicted molar refractivity (Wildman–Crippen MR) is 89.5 cm³/mol. The quantitative estimate of drug-likeness (QED) is 0.613. The van der Waals surface area contributed by atoms with E-state index in [-0.39, 0.29) is 23.1 Å². The van der Waals surface area contributed by atoms with Crippen molar-refractivity contribution in [3.05, 3.63) is 18.1 Å². The second kappa shape index (κ2) is 6.54. The molecule has 0 radical (unpaired) electrons. The number of rotatable bonds is 5. The van der Waals surface area contributed by atoms with E-state index in [0.29, 0.717) is 12.4 Å². The van der Waals surface area contributed by atoms with Crippen LogP contribution in [-0.4, -0.2) is 40.1 Å². The van der Waals surface area contributed by atoms with Gasteiger partial charge in [0, 0.05) is 30.3 Å². The van der Waals surface area contributed by atoms with E-state index in [2.05, 4.69) is 25.4 Å². The van der Waals surface area contributed by atoms with Gasteiger partial charge in [-0.1, -0.05) is 6.92 Å². The molecule has 3 rings (SSSR count). The number of anilines is 1. The van der Waals surface area contributed by atoms with Crippen LogP contribution in [0, 0.1) is 5.92 Å². The zero-order valence-electron chi connectivity index (χ0n) is 13.7. The third-order valence-corrected chi connectivity index (χ3v) is 4.73. The van der Waals surface area contributed by atoms with Gasteiger partial charge in [-0.2, -0.15) is 5.10 Å². The van der Waals surface area contributed by atoms with Crippen LogP contribution in [0.3, 0.4) is 0 Å². The maximum atomic E-state index is 12.2. The van der Waals surface area contributed by atoms with Crippen molar-refractivity contribution in [3.8, 4) is 0 Å². The van der Waals surface area contributed by atoms with Crippen LogP contribution in [0.4, 0.5) is 5.82 Å². The highest BCUT2D eigenvalue weighted by Gasteiger charge is 2.53. The van der Waals surface area contributed by atoms with Gasteiger partial charge in [0.15, 0.2) is 0 Å². The summed E-state index contributed by atoms with van der Waals surface area (Å²) in [6.45, 7) is 2.68. The molecule has 1 saturated carbocycles. The molecule has 1 atom stereocenters. The van der Waals surface area contributed by atoms with Crippen LogP contribution in [0.1, 0.15) is 49.5 Å². The lowest BCUT2D eigenvalue weighted by Crippen LogP contribution is -2.48. The monoisotopic (exact) mass is 330 g/mol. The van der Waals surface area contributed by atoms with Gasteiger partial charge in [-0.15, -0.1) is 0 Å². The predicted octanol–water partition coefficient (Wildman–Crippen LogP) is 0.836. The maximum Gasteiger partial charge on any atom is 0.267 e. The molecular formula is C16H22N6O2. The number of hydrogen-bond donors (Lipinski definition) is 2. The number of nitrogens with one attached hydrogen (secondary N) is 1. The molecule has 1 aliphatic heterocycles. The Morgan fingerprint density at radius 3 is 2.96 bits per heavy atom. The molecule has 1 spiro atoms. The zero-order chi connectivity index (χ0) is 17.2. The number of amides is 2. The van der Waals surface area contributed by atoms with Crippen LogP contribution >= 0.6 is 0 Å². The van der Waals surface area contributed by atoms with Crippen LogP contribution in [-0.2, 0) is 4.79 Å². The molecule has 1 saturated heterocycles. The van der Waals surface area contributed by atoms with E-state index < -0.39 is 5.91 Å². The van der Waals surface area contributed by atoms with Gasteiger partial charge in [0.2, 0.25) is 5.91 Å². The van der Waals surface area contributed by atoms with Crippen LogP contribution < -0.4 is 16.1 Å². The molecule has 0 aromatic carbocycles. The standard InChI is InChI=1S/C16H22N6O2/c1-2-6-20-21-15(24)11-3-7-22(16(9-11)4-5-16)13-8-12(14(17)23)18-10-19-13/h6,8,10-11H,2-5,7,9H2,1H3,(H2,17,23)(H,21,24)/b20-6-. The van der Waals surface area contributed by atoms with Crippen molar-refractivity contribution < 1.29 is 9.59 Å². The van der Waals surface area contributed by atoms with Gasteiger partial charge in [-0.25, -0.2) is 15.4 Å². The summed E-state index contributed by atoms with van der Waals surface area (Å²) >= 11 is 0. The summed E-state index contributed by atoms with van der Waals surface area (Å²) in [5.41, 5.74) is 8.09. The molecule has 8 heteroatoms. The van der Waals surface area contributed by atoms with E-state index in [1.54, 1.807) is 12.3 Å². The molecule has 2 aliphatic rings. The molecule has 1 aromatic heterocycles. The van der Waals surface area contributed by atoms with E-state index in [9.17, 15) is 9.59 Å². The van der Waals surface area contributed by atoms with Gasteiger partial charge >= 0.3 is 0 Å². The summed E-state index contributed by atoms with van der Waals surface area (Å²) in [7, 11) is 0. The fraction of sp³-hybridized carbons (Fsp3) is 0.562. The largest absolute Gasteiger partial charge is 0.364 e. The van der Waals surface area contributed by atoms with E-state index in [1.165, 1.54) is 6.33 Å². The molecule has 2 fully saturated rings. The number of nitrogens with zero attached hydrogens (tertiary/aromatic N) is 4. The summed E-state index contributed by atoms with van der Waals surface area (Å²) in [4.78, 5) is 34.0. The topological polar surface area (TPSA) is 114 Å². The van der Waals surface area contributed by atoms with E-state index >= 15 is 0 Å². The number of carbonyl (C=O) groups is 2. The number of primary amides is 1. The smallest absolute Gasteiger partial charge is 0.267 e. The Hall–Kier alpha value is -2.51. The Labute approximate surface area is 140 Å². The van der Waals surface area contributed by atoms with Crippen LogP contribution in [0.25, 0.3) is 0 Å². The molecule has 2 heterocycles. The first-order chi connectivity index (χ1) is 11.6. The SMILES string of the molecule is CC/C=N\NC(=O)C1CCN(c2cc(C(N)=O)ncn2)C2(CC2)C1. The number of nitrogens with two attached hydrogens (primary N) is 1. The van der Waals surface area contributed by atoms with Crippen molar-refractivity contribution in [1.82, 2.24) is 15.4 Å². The summed E-state index contributed by atoms with van der Waals surface area (Å²) in [6.07, 6.45) is 7.38. The van der Waals surface area contributed by atoms with Crippen molar-refractivity contribution in [1.29, 1.82) is 0 Å². The third-order valence-electron chi connectivity index (χ3n) is 4.73. The van der Waals surface area contributed by atoms with Gasteiger partial charge in [0.1, 0.15) is 17.8 Å². The van der Waals surface area contributed by atoms with Gasteiger partial charge < -0.3 is 10.6 Å². The summed E-state index contributed by atoms with van der Waals surface area (Å²) in [5.74, 6) is 0.0760. The molecule has 1 aliphatic carbocycles. The second-order valence-corrected chi connectivity index (χ2v) is 6.39. The van der Waals surface area contributed by atoms with Crippen LogP contribution in [0.2, 0.25) is 0 Å². The highest BCUT2D eigenvalue weighted by Crippen LogP contribution is 2.51. The fourth-order valence-corrected chi connectivity index (χ4v) is 3.31. The first-order valence-corrected chi connectivity index (χ1v) is 8.26. The molecule has 24 heavy (non-hydrogen) atoms. The number of hydrazone groups is 1. The minimum atomic E-state index is -0.563. The van der Waals surface area contributed by atoms with Gasteiger partial charge in [-0.3, -0.25) is 9.59 Å². The normalized spacial score (nSPS) is 21.9. The van der Waals surface area contributed by atoms with Gasteiger partial charge in [-0.05, 0) is 32.1 Å². The number of carbonyl (C=O) groups excluding carboxylic acids is 2. The molecule has 1 unspecified atom stereocenters. The molecular weight excluding hydrogens is 308 g/mol. The minimum Gasteiger partial charge on any atom is -0.364 e. The molecule has 3 N–H and O–H groups in total. The molecule has 8 nitrogen and oxygen atoms in total. The molecule has 1 aromatic rings. The van der Waals surface area contributed by atoms with Crippen molar-refractivity contribution in [3.63, 3.8) is 0 Å². The minimum absolute atomic E-state index is 0.0221. The lowest BCUT2D eigenvalue weighted by atomic mass is 9.88. The summed E-state index contributed by atoms with van der Waals surface area (Å²) in [5, 5.41) is 3.93. The first-order valence-electron chi connectivity index (χ1n) is 8.26. The Balaban J connectivity index is 1.71. The van der Waals surface area contributed by atoms with E-state index in [4.69, 9.17) is 5.73 Å². The lowest BCUT2D eigenvalue weighted by molar-refractivity contribution is -0.126. The highest BCUT2D eigenvalue weighted by molar-refractivity contribution is 5.91. The highest BCUT2D eigenvalue weighted by atomic mass is 16.2. The van der Waals surface area contributed by atoms with Crippen molar-refractivity contribution >= 4 is 23.8 Å². The van der Waals surface area contributed by atoms with Gasteiger partial charge in [0.25, 0.3) is 5.91 Å². The van der Waals surface area contributed by atoms with Crippen molar-refractivity contribution in [2.45, 2.75) is 44.6 Å². The number of aromatic nitrogens is 2. The van der Waals surface area contributed by atoms with Crippen molar-refractivity contribution in [2.75, 3.05) is 11.4 Å². The molecule has 2 amide bonds. The Bertz CT molecular complexity index is 670. The van der Waals surface area contributed by atoms with E-state index in [0.717, 1.165) is 32.1 Å². The van der Waals surface area contributed by atoms with Crippen LogP contribution in [0.15, 0.2) is 17.5 Å². The zero-order valence-corrected chi connectivity index (χ0v) is 13.7. The first kappa shape index (κ1) is 16.4. The lowest BCUT2D eigenvalue weighted by Gasteiger charge is -2.40. The average molecular weight is 330 g/mol. The Morgan fingerprint density at radius 1 is 1.50 bits per heavy atom. The molecule has 128 valence electrons. The second-order valence-electron chi connectivity index (χ2n) is 6.39. The average Bonchev–Trinajstić information content (AvgIpc) is 3.34. The maximum absolute atomic E-state index is 12.2. The molecule has 0 bridgehead atoms. The van der Waals surface area contributed by atoms with Gasteiger partial charge in [0.05, 0.1) is 0 Å². The fourth-order valence-electron chi connectivity index (χ4n) is 3.31. The third kappa shape index (κ3) is 3.22. The van der Waals surface area contributed by atoms with E-state index in [1.807, 2.05) is 6.92 Å². The summed E-state index contributed by atoms with van der Waals surface area (Å²) < 4.78 is 0. The van der Waals surface area contributed by atoms with Crippen molar-refractivity contribution in [2.24, 2.45) is 16.8 Å². The number of piperidine rings is 1. The number of hydrogen-bond acceptors (Lipinski definition) is 6. The Morgan fingerprint density at radius 2 is 2.29 bits per heavy atom. The summed E-state index contributed by atoms with van der Waals surface area (Å²) in [6, 6.07) is 1.63. The van der Waals surface area contributed by atoms with Crippen LogP contribution in [0.5, 0.6) is 0 Å². The Kier molecular flexibility index (Phi) is 4.46.